The van der Waals surface area contributed by atoms with Crippen LogP contribution in [0.3, 0.4) is 0 Å². The van der Waals surface area contributed by atoms with Gasteiger partial charge in [0.2, 0.25) is 0 Å². The zero-order valence-electron chi connectivity index (χ0n) is 33.9. The second kappa shape index (κ2) is 14.8. The van der Waals surface area contributed by atoms with Crippen molar-refractivity contribution in [3.63, 3.8) is 0 Å². The number of hydrogen-bond acceptors (Lipinski definition) is 5. The van der Waals surface area contributed by atoms with Crippen molar-refractivity contribution in [1.82, 2.24) is 15.0 Å². The molecule has 11 aromatic rings. The van der Waals surface area contributed by atoms with E-state index in [9.17, 15) is 0 Å². The molecule has 4 nitrogen and oxygen atoms in total. The molecule has 1 aliphatic heterocycles. The van der Waals surface area contributed by atoms with E-state index in [1.807, 2.05) is 35.6 Å². The fourth-order valence-corrected chi connectivity index (χ4v) is 10.9. The van der Waals surface area contributed by atoms with Crippen molar-refractivity contribution >= 4 is 48.7 Å². The Labute approximate surface area is 364 Å². The van der Waals surface area contributed by atoms with Crippen molar-refractivity contribution in [3.8, 4) is 67.5 Å². The third-order valence-corrected chi connectivity index (χ3v) is 13.6. The molecule has 9 aromatic carbocycles. The molecule has 292 valence electrons. The van der Waals surface area contributed by atoms with Gasteiger partial charge in [-0.25, -0.2) is 15.0 Å². The van der Waals surface area contributed by atoms with Crippen LogP contribution in [-0.4, -0.2) is 22.0 Å². The Morgan fingerprint density at radius 3 is 1.68 bits per heavy atom. The normalized spacial score (nSPS) is 13.4. The molecule has 62 heavy (non-hydrogen) atoms. The van der Waals surface area contributed by atoms with Gasteiger partial charge in [-0.1, -0.05) is 188 Å². The van der Waals surface area contributed by atoms with Gasteiger partial charge in [-0.05, 0) is 62.0 Å². The zero-order valence-corrected chi connectivity index (χ0v) is 34.7. The van der Waals surface area contributed by atoms with Gasteiger partial charge in [-0.3, -0.25) is 0 Å². The monoisotopic (exact) mass is 810 g/mol. The second-order valence-corrected chi connectivity index (χ2v) is 17.1. The Morgan fingerprint density at radius 1 is 0.403 bits per heavy atom. The van der Waals surface area contributed by atoms with Gasteiger partial charge in [-0.15, -0.1) is 11.3 Å². The summed E-state index contributed by atoms with van der Waals surface area (Å²) in [5.74, 6) is 1.91. The summed E-state index contributed by atoms with van der Waals surface area (Å²) in [5, 5.41) is 6.39. The number of benzene rings is 9. The van der Waals surface area contributed by atoms with E-state index in [0.29, 0.717) is 17.5 Å². The average molecular weight is 811 g/mol. The van der Waals surface area contributed by atoms with Crippen molar-refractivity contribution in [2.45, 2.75) is 6.04 Å². The van der Waals surface area contributed by atoms with Crippen LogP contribution in [0, 0.1) is 0 Å². The van der Waals surface area contributed by atoms with Crippen LogP contribution in [0.4, 0.5) is 5.69 Å². The van der Waals surface area contributed by atoms with E-state index >= 15 is 0 Å². The van der Waals surface area contributed by atoms with Crippen LogP contribution in [0.5, 0.6) is 0 Å². The summed E-state index contributed by atoms with van der Waals surface area (Å²) in [6.07, 6.45) is 0. The van der Waals surface area contributed by atoms with E-state index in [1.54, 1.807) is 0 Å². The first-order valence-corrected chi connectivity index (χ1v) is 21.8. The van der Waals surface area contributed by atoms with Gasteiger partial charge in [0, 0.05) is 55.4 Å². The highest BCUT2D eigenvalue weighted by Crippen LogP contribution is 2.56. The molecule has 0 amide bonds. The maximum atomic E-state index is 5.17. The van der Waals surface area contributed by atoms with E-state index in [0.717, 1.165) is 33.4 Å². The zero-order chi connectivity index (χ0) is 41.1. The molecular formula is C57H38N4S. The van der Waals surface area contributed by atoms with Gasteiger partial charge < -0.3 is 4.90 Å². The SMILES string of the molecule is CN1c2c(-c3cccc(-c4nc(-c5ccccc5)nc(-c5ccc(-c6ccccc6)cc5)n4)c3)cccc2-c2c(sc3ccccc23)C1c1cc2ccccc2c2ccccc12. The smallest absolute Gasteiger partial charge is 0.164 e. The molecule has 0 saturated heterocycles. The number of para-hydroxylation sites is 1. The molecule has 5 heteroatoms. The highest BCUT2D eigenvalue weighted by molar-refractivity contribution is 7.20. The van der Waals surface area contributed by atoms with Crippen molar-refractivity contribution in [1.29, 1.82) is 0 Å². The fraction of sp³-hybridized carbons (Fsp3) is 0.0351. The van der Waals surface area contributed by atoms with Gasteiger partial charge in [0.05, 0.1) is 11.7 Å². The van der Waals surface area contributed by atoms with Crippen LogP contribution >= 0.6 is 11.3 Å². The van der Waals surface area contributed by atoms with E-state index in [2.05, 4.69) is 194 Å². The number of aromatic nitrogens is 3. The minimum atomic E-state index is -0.0125. The molecule has 0 radical (unpaired) electrons. The maximum Gasteiger partial charge on any atom is 0.164 e. The predicted molar refractivity (Wildman–Crippen MR) is 260 cm³/mol. The molecule has 1 aliphatic rings. The number of hydrogen-bond donors (Lipinski definition) is 0. The number of anilines is 1. The van der Waals surface area contributed by atoms with Crippen molar-refractivity contribution < 1.29 is 0 Å². The lowest BCUT2D eigenvalue weighted by Gasteiger charge is -2.38. The highest BCUT2D eigenvalue weighted by Gasteiger charge is 2.36. The number of fused-ring (bicyclic) bond motifs is 8. The highest BCUT2D eigenvalue weighted by atomic mass is 32.1. The Hall–Kier alpha value is -7.73. The van der Waals surface area contributed by atoms with Crippen LogP contribution in [0.2, 0.25) is 0 Å². The summed E-state index contributed by atoms with van der Waals surface area (Å²) in [6, 6.07) is 73.6. The second-order valence-electron chi connectivity index (χ2n) is 16.0. The summed E-state index contributed by atoms with van der Waals surface area (Å²) in [6.45, 7) is 0. The summed E-state index contributed by atoms with van der Waals surface area (Å²) in [5.41, 5.74) is 12.5. The van der Waals surface area contributed by atoms with Crippen molar-refractivity contribution in [2.24, 2.45) is 0 Å². The lowest BCUT2D eigenvalue weighted by molar-refractivity contribution is 0.798. The lowest BCUT2D eigenvalue weighted by atomic mass is 9.84. The molecule has 0 aliphatic carbocycles. The molecule has 1 atom stereocenters. The van der Waals surface area contributed by atoms with Crippen molar-refractivity contribution in [3.05, 3.63) is 217 Å². The number of nitrogens with zero attached hydrogens (tertiary/aromatic N) is 4. The summed E-state index contributed by atoms with van der Waals surface area (Å²) < 4.78 is 1.30. The first-order valence-electron chi connectivity index (χ1n) is 21.0. The van der Waals surface area contributed by atoms with Crippen LogP contribution in [0.25, 0.3) is 99.2 Å². The average Bonchev–Trinajstić information content (AvgIpc) is 3.74. The third kappa shape index (κ3) is 6.00. The van der Waals surface area contributed by atoms with Crippen LogP contribution in [-0.2, 0) is 0 Å². The Balaban J connectivity index is 1.02. The first-order chi connectivity index (χ1) is 30.7. The topological polar surface area (TPSA) is 41.9 Å². The summed E-state index contributed by atoms with van der Waals surface area (Å²) in [7, 11) is 2.28. The van der Waals surface area contributed by atoms with Crippen LogP contribution in [0.1, 0.15) is 16.5 Å². The van der Waals surface area contributed by atoms with Crippen LogP contribution < -0.4 is 4.90 Å². The fourth-order valence-electron chi connectivity index (χ4n) is 9.48. The first kappa shape index (κ1) is 36.1. The molecular weight excluding hydrogens is 773 g/mol. The Morgan fingerprint density at radius 2 is 0.919 bits per heavy atom. The predicted octanol–water partition coefficient (Wildman–Crippen LogP) is 14.9. The molecule has 12 rings (SSSR count). The molecule has 0 bridgehead atoms. The summed E-state index contributed by atoms with van der Waals surface area (Å²) >= 11 is 1.92. The van der Waals surface area contributed by atoms with E-state index in [1.165, 1.54) is 64.4 Å². The quantitative estimate of drug-likeness (QED) is 0.157. The standard InChI is InChI=1S/C57H38N4S/c1-61-52-44(27-15-28-48(52)51-47-26-12-13-29-50(47)62-54(51)53(61)49-35-41-20-8-9-23-43(41)45-24-10-11-25-46(45)49)40-21-14-22-42(34-40)57-59-55(38-18-6-3-7-19-38)58-56(60-57)39-32-30-37(31-33-39)36-16-4-2-5-17-36/h2-35,53H,1H3. The Kier molecular flexibility index (Phi) is 8.61. The van der Waals surface area contributed by atoms with E-state index in [4.69, 9.17) is 15.0 Å². The van der Waals surface area contributed by atoms with Gasteiger partial charge in [0.25, 0.3) is 0 Å². The molecule has 0 N–H and O–H groups in total. The third-order valence-electron chi connectivity index (χ3n) is 12.4. The molecule has 2 aromatic heterocycles. The molecule has 0 fully saturated rings. The van der Waals surface area contributed by atoms with Crippen LogP contribution in [0.15, 0.2) is 206 Å². The minimum absolute atomic E-state index is 0.0125. The summed E-state index contributed by atoms with van der Waals surface area (Å²) in [4.78, 5) is 19.2. The minimum Gasteiger partial charge on any atom is -0.362 e. The van der Waals surface area contributed by atoms with Gasteiger partial charge in [-0.2, -0.15) is 0 Å². The Bertz CT molecular complexity index is 3490. The van der Waals surface area contributed by atoms with E-state index < -0.39 is 0 Å². The molecule has 0 spiro atoms. The van der Waals surface area contributed by atoms with Crippen molar-refractivity contribution in [2.75, 3.05) is 11.9 Å². The van der Waals surface area contributed by atoms with Gasteiger partial charge in [0.1, 0.15) is 0 Å². The number of rotatable bonds is 6. The molecule has 0 saturated carbocycles. The van der Waals surface area contributed by atoms with Gasteiger partial charge >= 0.3 is 0 Å². The lowest BCUT2D eigenvalue weighted by Crippen LogP contribution is -2.29. The largest absolute Gasteiger partial charge is 0.362 e. The number of thiophene rings is 1. The maximum absolute atomic E-state index is 5.17. The van der Waals surface area contributed by atoms with E-state index in [-0.39, 0.29) is 6.04 Å². The molecule has 3 heterocycles. The molecule has 1 unspecified atom stereocenters. The van der Waals surface area contributed by atoms with Gasteiger partial charge in [0.15, 0.2) is 17.5 Å².